The molecule has 15 rings (SSSR count). The van der Waals surface area contributed by atoms with E-state index in [0.717, 1.165) is 62.2 Å². The number of para-hydroxylation sites is 6. The lowest BCUT2D eigenvalue weighted by Crippen LogP contribution is -2.32. The Kier molecular flexibility index (Phi) is 20.1. The van der Waals surface area contributed by atoms with E-state index in [1.807, 2.05) is 192 Å². The van der Waals surface area contributed by atoms with Gasteiger partial charge in [0, 0.05) is 67.0 Å². The van der Waals surface area contributed by atoms with Crippen LogP contribution in [-0.4, -0.2) is 23.3 Å². The van der Waals surface area contributed by atoms with Gasteiger partial charge in [0.25, 0.3) is 23.3 Å². The molecule has 15 aromatic rings. The van der Waals surface area contributed by atoms with Crippen molar-refractivity contribution in [3.8, 4) is 90.6 Å². The highest BCUT2D eigenvalue weighted by atomic mass is 19.4. The average Bonchev–Trinajstić information content (AvgIpc) is 1.03. The van der Waals surface area contributed by atoms with Crippen molar-refractivity contribution < 1.29 is 58.5 Å². The second kappa shape index (κ2) is 29.0. The van der Waals surface area contributed by atoms with Crippen molar-refractivity contribution in [2.45, 2.75) is 47.7 Å². The number of halogens is 5. The van der Waals surface area contributed by atoms with Gasteiger partial charge in [-0.1, -0.05) is 42.5 Å². The molecule has 0 radical (unpaired) electrons. The molecule has 104 heavy (non-hydrogen) atoms. The van der Waals surface area contributed by atoms with Crippen LogP contribution < -0.4 is 36.5 Å². The van der Waals surface area contributed by atoms with Gasteiger partial charge in [-0.15, -0.1) is 0 Å². The zero-order valence-corrected chi connectivity index (χ0v) is 62.5. The number of hydrogen-bond donors (Lipinski definition) is 0. The summed E-state index contributed by atoms with van der Waals surface area (Å²) in [6, 6.07) is 53.8. The molecule has 0 aliphatic rings. The van der Waals surface area contributed by atoms with Crippen molar-refractivity contribution in [3.63, 3.8) is 0 Å². The first-order chi connectivity index (χ1) is 49.6. The summed E-state index contributed by atoms with van der Waals surface area (Å²) in [6.45, 7) is 12.5. The highest BCUT2D eigenvalue weighted by Crippen LogP contribution is 2.41. The fraction of sp³-hybridized carbons (Fsp3) is 0.221. The van der Waals surface area contributed by atoms with Gasteiger partial charge in [-0.05, 0) is 148 Å². The predicted molar refractivity (Wildman–Crippen MR) is 398 cm³/mol. The molecule has 9 aromatic heterocycles. The Labute approximate surface area is 604 Å². The molecule has 9 heterocycles. The monoisotopic (exact) mass is 1400 g/mol. The van der Waals surface area contributed by atoms with Crippen molar-refractivity contribution in [2.75, 3.05) is 0 Å². The fourth-order valence-electron chi connectivity index (χ4n) is 15.3. The van der Waals surface area contributed by atoms with Gasteiger partial charge in [0.1, 0.15) is 57.8 Å². The minimum absolute atomic E-state index is 0.413. The number of imidazole rings is 4. The molecule has 0 saturated carbocycles. The van der Waals surface area contributed by atoms with Crippen LogP contribution >= 0.6 is 0 Å². The van der Waals surface area contributed by atoms with E-state index in [9.17, 15) is 17.6 Å². The second-order valence-electron chi connectivity index (χ2n) is 27.1. The molecule has 0 bridgehead atoms. The van der Waals surface area contributed by atoms with Crippen LogP contribution in [0, 0.1) is 53.2 Å². The second-order valence-corrected chi connectivity index (χ2v) is 27.1. The van der Waals surface area contributed by atoms with Gasteiger partial charge in [0.2, 0.25) is 22.8 Å². The summed E-state index contributed by atoms with van der Waals surface area (Å²) in [5, 5.41) is 0. The SMILES string of the molecule is Cc1c(-c2cccc[n+]2C)c(F)cc(F)c1-c1n(C)c2ccccc2[n+]1C.Cc1c(-c2cccc[n+]2C)cc(C(F)(F)F)cc1-c1n(C)c2ccccc2[n+]1C.Cc1c(-c2cccc[n+]2C)cncc1-c1n(C)cc[n+]1C.Cc1cc(C)c(-c2n(C)c3ccccc3[n+]2C)c(C)c1-c1cccc[n+]1C. The fourth-order valence-corrected chi connectivity index (χ4v) is 15.3. The Morgan fingerprint density at radius 3 is 1.17 bits per heavy atom. The number of hydrogen-bond acceptors (Lipinski definition) is 1. The molecule has 0 aliphatic carbocycles. The van der Waals surface area contributed by atoms with Crippen LogP contribution in [0.3, 0.4) is 0 Å². The summed E-state index contributed by atoms with van der Waals surface area (Å²) in [5.74, 6) is 2.71. The molecular formula is C86H90F5N13+8. The summed E-state index contributed by atoms with van der Waals surface area (Å²) in [6.07, 6.45) is 11.4. The number of aryl methyl sites for hydroxylation is 14. The summed E-state index contributed by atoms with van der Waals surface area (Å²) < 4.78 is 95.9. The minimum atomic E-state index is -4.44. The first kappa shape index (κ1) is 72.1. The van der Waals surface area contributed by atoms with Crippen LogP contribution in [0.5, 0.6) is 0 Å². The lowest BCUT2D eigenvalue weighted by molar-refractivity contribution is -0.660. The number of rotatable bonds is 8. The number of benzene rings is 6. The van der Waals surface area contributed by atoms with Crippen LogP contribution in [0.25, 0.3) is 124 Å². The number of aromatic nitrogens is 13. The Morgan fingerprint density at radius 2 is 0.712 bits per heavy atom. The predicted octanol–water partition coefficient (Wildman–Crippen LogP) is 14.0. The Morgan fingerprint density at radius 1 is 0.337 bits per heavy atom. The van der Waals surface area contributed by atoms with Crippen molar-refractivity contribution in [1.82, 2.24) is 23.3 Å². The van der Waals surface area contributed by atoms with Gasteiger partial charge < -0.3 is 0 Å². The van der Waals surface area contributed by atoms with Gasteiger partial charge in [0.05, 0.1) is 101 Å². The van der Waals surface area contributed by atoms with Crippen LogP contribution in [0.15, 0.2) is 219 Å². The van der Waals surface area contributed by atoms with E-state index in [1.54, 1.807) is 6.92 Å². The van der Waals surface area contributed by atoms with E-state index in [-0.39, 0.29) is 0 Å². The normalized spacial score (nSPS) is 11.4. The number of pyridine rings is 5. The molecule has 0 atom stereocenters. The first-order valence-corrected chi connectivity index (χ1v) is 34.5. The number of alkyl halides is 3. The van der Waals surface area contributed by atoms with Gasteiger partial charge in [-0.25, -0.2) is 63.6 Å². The molecule has 0 fully saturated rings. The summed E-state index contributed by atoms with van der Waals surface area (Å²) in [4.78, 5) is 4.46. The minimum Gasteiger partial charge on any atom is -0.263 e. The third-order valence-electron chi connectivity index (χ3n) is 20.5. The first-order valence-electron chi connectivity index (χ1n) is 34.5. The molecule has 0 spiro atoms. The van der Waals surface area contributed by atoms with Crippen LogP contribution in [0.4, 0.5) is 22.0 Å². The third-order valence-corrected chi connectivity index (χ3v) is 20.5. The smallest absolute Gasteiger partial charge is 0.263 e. The highest BCUT2D eigenvalue weighted by molar-refractivity contribution is 5.84. The summed E-state index contributed by atoms with van der Waals surface area (Å²) in [7, 11) is 23.9. The molecule has 0 aliphatic heterocycles. The topological polar surface area (TPSA) is 63.6 Å². The van der Waals surface area contributed by atoms with E-state index >= 15 is 4.39 Å². The van der Waals surface area contributed by atoms with Crippen LogP contribution in [-0.2, 0) is 90.7 Å². The van der Waals surface area contributed by atoms with E-state index in [2.05, 4.69) is 188 Å². The highest BCUT2D eigenvalue weighted by Gasteiger charge is 2.37. The maximum atomic E-state index is 15.0. The standard InChI is InChI=1S/C24H27N3.C23H22F3N3.C22H21F2N3.C17H20N4/c1-16-15-17(2)23(18(3)22(16)21-13-9-10-14-25(21)4)24-26(5)19-11-7-8-12-20(19)27(24)6;1-15-17(19-9-7-8-12-27(19)2)13-16(23(24,25)26)14-18(15)22-28(3)20-10-5-6-11-21(20)29(22)4;1-14-20(19-11-7-8-12-25(19)2)15(23)13-16(24)21(14)22-26(3)17-9-5-6-10-18(17)27(22)4;1-13-14(16-7-5-6-8-19(16)2)11-18-12-15(13)17-20(3)9-10-21(17)4/h7-15H,1-6H3;5-14H,1-4H3;5-13H,1-4H3;5-12H,1-4H3/q4*+2. The van der Waals surface area contributed by atoms with E-state index < -0.39 is 23.4 Å². The van der Waals surface area contributed by atoms with Crippen molar-refractivity contribution in [2.24, 2.45) is 84.6 Å². The van der Waals surface area contributed by atoms with Crippen molar-refractivity contribution in [1.29, 1.82) is 0 Å². The van der Waals surface area contributed by atoms with E-state index in [4.69, 9.17) is 0 Å². The number of fused-ring (bicyclic) bond motifs is 3. The molecule has 6 aromatic carbocycles. The molecule has 0 N–H and O–H groups in total. The van der Waals surface area contributed by atoms with Crippen LogP contribution in [0.2, 0.25) is 0 Å². The molecule has 0 unspecified atom stereocenters. The zero-order chi connectivity index (χ0) is 74.5. The largest absolute Gasteiger partial charge is 0.416 e. The lowest BCUT2D eigenvalue weighted by atomic mass is 9.90. The Hall–Kier alpha value is -11.7. The maximum absolute atomic E-state index is 15.0. The van der Waals surface area contributed by atoms with Gasteiger partial charge in [0.15, 0.2) is 57.9 Å². The van der Waals surface area contributed by atoms with Crippen molar-refractivity contribution >= 4 is 33.1 Å². The molecule has 13 nitrogen and oxygen atoms in total. The lowest BCUT2D eigenvalue weighted by Gasteiger charge is -2.15. The van der Waals surface area contributed by atoms with Gasteiger partial charge in [-0.2, -0.15) is 13.2 Å². The summed E-state index contributed by atoms with van der Waals surface area (Å²) >= 11 is 0. The van der Waals surface area contributed by atoms with Gasteiger partial charge >= 0.3 is 6.18 Å². The average molecular weight is 1400 g/mol. The van der Waals surface area contributed by atoms with E-state index in [0.29, 0.717) is 39.3 Å². The molecule has 0 amide bonds. The maximum Gasteiger partial charge on any atom is 0.416 e. The summed E-state index contributed by atoms with van der Waals surface area (Å²) in [5.41, 5.74) is 23.1. The Balaban J connectivity index is 0.000000131. The quantitative estimate of drug-likeness (QED) is 0.110. The van der Waals surface area contributed by atoms with Gasteiger partial charge in [-0.3, -0.25) is 4.98 Å². The molecule has 0 saturated heterocycles. The van der Waals surface area contributed by atoms with E-state index in [1.165, 1.54) is 73.8 Å². The van der Waals surface area contributed by atoms with Crippen LogP contribution in [0.1, 0.15) is 38.9 Å². The molecular weight excluding hydrogens is 1310 g/mol. The number of nitrogens with zero attached hydrogens (tertiary/aromatic N) is 13. The zero-order valence-electron chi connectivity index (χ0n) is 62.5. The third kappa shape index (κ3) is 13.1. The van der Waals surface area contributed by atoms with Crippen molar-refractivity contribution in [3.05, 3.63) is 270 Å². The molecule has 18 heteroatoms. The Bertz CT molecular complexity index is 5500. The molecule has 526 valence electrons.